The number of nitrogens with two attached hydrogens (primary N) is 1. The summed E-state index contributed by atoms with van der Waals surface area (Å²) < 4.78 is 0. The van der Waals surface area contributed by atoms with E-state index in [9.17, 15) is 4.79 Å². The van der Waals surface area contributed by atoms with Gasteiger partial charge in [-0.05, 0) is 38.5 Å². The van der Waals surface area contributed by atoms with Crippen LogP contribution >= 0.6 is 23.2 Å². The lowest BCUT2D eigenvalue weighted by molar-refractivity contribution is -0.116. The number of benzene rings is 1. The molecule has 17 heavy (non-hydrogen) atoms. The minimum Gasteiger partial charge on any atom is -0.326 e. The molecule has 0 aliphatic heterocycles. The van der Waals surface area contributed by atoms with Crippen LogP contribution in [0.15, 0.2) is 18.2 Å². The first-order valence-corrected chi connectivity index (χ1v) is 6.07. The fraction of sp³-hybridized carbons (Fsp3) is 0.417. The van der Waals surface area contributed by atoms with Crippen LogP contribution in [0.4, 0.5) is 5.69 Å². The van der Waals surface area contributed by atoms with E-state index in [1.165, 1.54) is 0 Å². The van der Waals surface area contributed by atoms with E-state index in [1.54, 1.807) is 18.2 Å². The van der Waals surface area contributed by atoms with E-state index in [-0.39, 0.29) is 11.4 Å². The molecule has 3 N–H and O–H groups in total. The lowest BCUT2D eigenvalue weighted by Crippen LogP contribution is -2.33. The highest BCUT2D eigenvalue weighted by Crippen LogP contribution is 2.22. The number of rotatable bonds is 4. The molecule has 0 unspecified atom stereocenters. The molecule has 0 heterocycles. The van der Waals surface area contributed by atoms with Gasteiger partial charge in [0.1, 0.15) is 0 Å². The number of carbonyl (C=O) groups is 1. The highest BCUT2D eigenvalue weighted by molar-refractivity contribution is 6.35. The zero-order chi connectivity index (χ0) is 13.1. The molecule has 0 fully saturated rings. The van der Waals surface area contributed by atoms with Crippen molar-refractivity contribution in [3.05, 3.63) is 28.2 Å². The van der Waals surface area contributed by atoms with E-state index in [2.05, 4.69) is 5.32 Å². The highest BCUT2D eigenvalue weighted by Gasteiger charge is 2.13. The Balaban J connectivity index is 2.56. The third-order valence-electron chi connectivity index (χ3n) is 2.14. The van der Waals surface area contributed by atoms with Gasteiger partial charge in [0.05, 0.1) is 0 Å². The monoisotopic (exact) mass is 274 g/mol. The van der Waals surface area contributed by atoms with Crippen LogP contribution in [0.1, 0.15) is 26.7 Å². The van der Waals surface area contributed by atoms with E-state index in [0.717, 1.165) is 0 Å². The lowest BCUT2D eigenvalue weighted by Gasteiger charge is -2.17. The summed E-state index contributed by atoms with van der Waals surface area (Å²) in [6.07, 6.45) is 0.987. The molecule has 1 rings (SSSR count). The molecule has 0 aromatic heterocycles. The van der Waals surface area contributed by atoms with E-state index < -0.39 is 0 Å². The molecule has 1 amide bonds. The van der Waals surface area contributed by atoms with Crippen molar-refractivity contribution in [3.8, 4) is 0 Å². The van der Waals surface area contributed by atoms with Gasteiger partial charge < -0.3 is 11.1 Å². The van der Waals surface area contributed by atoms with E-state index in [4.69, 9.17) is 28.9 Å². The number of halogens is 2. The van der Waals surface area contributed by atoms with Gasteiger partial charge in [-0.15, -0.1) is 0 Å². The Labute approximate surface area is 111 Å². The quantitative estimate of drug-likeness (QED) is 0.884. The molecule has 0 atom stereocenters. The van der Waals surface area contributed by atoms with Gasteiger partial charge in [0, 0.05) is 27.7 Å². The molecule has 0 aliphatic carbocycles. The van der Waals surface area contributed by atoms with Crippen LogP contribution in [-0.4, -0.2) is 11.4 Å². The van der Waals surface area contributed by atoms with Crippen molar-refractivity contribution in [2.75, 3.05) is 5.32 Å². The predicted octanol–water partition coefficient (Wildman–Crippen LogP) is 3.45. The molecule has 0 saturated heterocycles. The smallest absolute Gasteiger partial charge is 0.224 e. The second-order valence-electron chi connectivity index (χ2n) is 4.69. The maximum Gasteiger partial charge on any atom is 0.224 e. The summed E-state index contributed by atoms with van der Waals surface area (Å²) in [4.78, 5) is 11.6. The summed E-state index contributed by atoms with van der Waals surface area (Å²) in [5, 5.41) is 3.72. The summed E-state index contributed by atoms with van der Waals surface area (Å²) >= 11 is 11.7. The molecular weight excluding hydrogens is 259 g/mol. The molecule has 94 valence electrons. The Bertz CT molecular complexity index is 393. The van der Waals surface area contributed by atoms with Crippen LogP contribution in [0.25, 0.3) is 0 Å². The van der Waals surface area contributed by atoms with Crippen molar-refractivity contribution in [1.82, 2.24) is 0 Å². The van der Waals surface area contributed by atoms with Gasteiger partial charge in [-0.2, -0.15) is 0 Å². The number of anilines is 1. The molecule has 3 nitrogen and oxygen atoms in total. The van der Waals surface area contributed by atoms with Gasteiger partial charge in [-0.1, -0.05) is 23.2 Å². The van der Waals surface area contributed by atoms with Crippen molar-refractivity contribution >= 4 is 34.8 Å². The average Bonchev–Trinajstić information content (AvgIpc) is 2.11. The van der Waals surface area contributed by atoms with E-state index in [0.29, 0.717) is 28.6 Å². The van der Waals surface area contributed by atoms with Crippen molar-refractivity contribution in [1.29, 1.82) is 0 Å². The van der Waals surface area contributed by atoms with Gasteiger partial charge >= 0.3 is 0 Å². The van der Waals surface area contributed by atoms with Gasteiger partial charge in [0.25, 0.3) is 0 Å². The fourth-order valence-corrected chi connectivity index (χ4v) is 1.81. The molecule has 0 aliphatic rings. The molecule has 0 spiro atoms. The van der Waals surface area contributed by atoms with Gasteiger partial charge in [-0.3, -0.25) is 4.79 Å². The Morgan fingerprint density at radius 2 is 1.82 bits per heavy atom. The minimum atomic E-state index is -0.344. The van der Waals surface area contributed by atoms with Crippen LogP contribution in [-0.2, 0) is 4.79 Å². The summed E-state index contributed by atoms with van der Waals surface area (Å²) in [5.74, 6) is -0.0955. The molecule has 1 aromatic carbocycles. The maximum absolute atomic E-state index is 11.6. The Morgan fingerprint density at radius 1 is 1.29 bits per heavy atom. The minimum absolute atomic E-state index is 0.0955. The van der Waals surface area contributed by atoms with Crippen molar-refractivity contribution in [2.24, 2.45) is 5.73 Å². The topological polar surface area (TPSA) is 55.1 Å². The van der Waals surface area contributed by atoms with Crippen molar-refractivity contribution in [2.45, 2.75) is 32.2 Å². The van der Waals surface area contributed by atoms with Crippen molar-refractivity contribution < 1.29 is 4.79 Å². The maximum atomic E-state index is 11.6. The van der Waals surface area contributed by atoms with Crippen molar-refractivity contribution in [3.63, 3.8) is 0 Å². The Hall–Kier alpha value is -0.770. The average molecular weight is 275 g/mol. The predicted molar refractivity (Wildman–Crippen MR) is 72.6 cm³/mol. The summed E-state index contributed by atoms with van der Waals surface area (Å²) in [5.41, 5.74) is 6.06. The molecule has 0 bridgehead atoms. The van der Waals surface area contributed by atoms with Crippen LogP contribution in [0.2, 0.25) is 10.0 Å². The summed E-state index contributed by atoms with van der Waals surface area (Å²) in [6, 6.07) is 4.92. The molecule has 5 heteroatoms. The molecule has 0 radical (unpaired) electrons. The second kappa shape index (κ2) is 5.71. The normalized spacial score (nSPS) is 11.4. The van der Waals surface area contributed by atoms with Crippen LogP contribution < -0.4 is 11.1 Å². The standard InChI is InChI=1S/C12H16Cl2N2O/c1-12(2,15)4-3-11(17)16-10-6-8(13)5-9(14)7-10/h5-7H,3-4,15H2,1-2H3,(H,16,17). The number of amides is 1. The highest BCUT2D eigenvalue weighted by atomic mass is 35.5. The number of carbonyl (C=O) groups excluding carboxylic acids is 1. The van der Waals surface area contributed by atoms with Gasteiger partial charge in [0.2, 0.25) is 5.91 Å². The zero-order valence-electron chi connectivity index (χ0n) is 9.89. The van der Waals surface area contributed by atoms with Crippen LogP contribution in [0, 0.1) is 0 Å². The number of hydrogen-bond donors (Lipinski definition) is 2. The van der Waals surface area contributed by atoms with Crippen LogP contribution in [0.3, 0.4) is 0 Å². The summed E-state index contributed by atoms with van der Waals surface area (Å²) in [6.45, 7) is 3.77. The largest absolute Gasteiger partial charge is 0.326 e. The van der Waals surface area contributed by atoms with Gasteiger partial charge in [0.15, 0.2) is 0 Å². The first-order valence-electron chi connectivity index (χ1n) is 5.31. The molecule has 1 aromatic rings. The fourth-order valence-electron chi connectivity index (χ4n) is 1.29. The number of nitrogens with one attached hydrogen (secondary N) is 1. The molecule has 0 saturated carbocycles. The first kappa shape index (κ1) is 14.3. The van der Waals surface area contributed by atoms with Crippen LogP contribution in [0.5, 0.6) is 0 Å². The lowest BCUT2D eigenvalue weighted by atomic mass is 10.00. The first-order chi connectivity index (χ1) is 7.76. The third kappa shape index (κ3) is 5.91. The van der Waals surface area contributed by atoms with E-state index in [1.807, 2.05) is 13.8 Å². The Kier molecular flexibility index (Phi) is 4.80. The summed E-state index contributed by atoms with van der Waals surface area (Å²) in [7, 11) is 0. The van der Waals surface area contributed by atoms with E-state index >= 15 is 0 Å². The SMILES string of the molecule is CC(C)(N)CCC(=O)Nc1cc(Cl)cc(Cl)c1. The zero-order valence-corrected chi connectivity index (χ0v) is 11.4. The van der Waals surface area contributed by atoms with Gasteiger partial charge in [-0.25, -0.2) is 0 Å². The molecular formula is C12H16Cl2N2O. The third-order valence-corrected chi connectivity index (χ3v) is 2.58. The second-order valence-corrected chi connectivity index (χ2v) is 5.57. The Morgan fingerprint density at radius 3 is 2.29 bits per heavy atom. The number of hydrogen-bond acceptors (Lipinski definition) is 2.